The maximum absolute atomic E-state index is 13.1. The number of carbonyl (C=O) groups excluding carboxylic acids is 1. The Labute approximate surface area is 173 Å². The highest BCUT2D eigenvalue weighted by Gasteiger charge is 2.29. The Morgan fingerprint density at radius 3 is 2.61 bits per heavy atom. The number of methoxy groups -OCH3 is 1. The Bertz CT molecular complexity index is 1040. The first-order valence-electron chi connectivity index (χ1n) is 8.74. The van der Waals surface area contributed by atoms with Crippen LogP contribution < -0.4 is 10.5 Å². The molecule has 1 amide bonds. The van der Waals surface area contributed by atoms with Crippen LogP contribution in [0.1, 0.15) is 30.4 Å². The van der Waals surface area contributed by atoms with E-state index in [1.807, 2.05) is 51.3 Å². The van der Waals surface area contributed by atoms with E-state index in [-0.39, 0.29) is 11.4 Å². The molecule has 6 nitrogen and oxygen atoms in total. The van der Waals surface area contributed by atoms with Crippen molar-refractivity contribution in [1.82, 2.24) is 14.9 Å². The largest absolute Gasteiger partial charge is 0.497 e. The number of carbonyl (C=O) groups is 1. The molecule has 0 saturated carbocycles. The number of hydrogen-bond acceptors (Lipinski definition) is 7. The smallest absolute Gasteiger partial charge is 0.266 e. The van der Waals surface area contributed by atoms with Crippen molar-refractivity contribution >= 4 is 44.9 Å². The molecule has 0 unspecified atom stereocenters. The minimum absolute atomic E-state index is 0.115. The van der Waals surface area contributed by atoms with Crippen molar-refractivity contribution in [2.24, 2.45) is 0 Å². The minimum atomic E-state index is -0.314. The predicted molar refractivity (Wildman–Crippen MR) is 117 cm³/mol. The van der Waals surface area contributed by atoms with Crippen LogP contribution in [-0.2, 0) is 0 Å². The number of thioether (sulfide) groups is 1. The van der Waals surface area contributed by atoms with Crippen molar-refractivity contribution in [3.05, 3.63) is 29.1 Å². The number of fused-ring (bicyclic) bond motifs is 1. The van der Waals surface area contributed by atoms with Crippen molar-refractivity contribution in [1.29, 1.82) is 0 Å². The van der Waals surface area contributed by atoms with E-state index < -0.39 is 0 Å². The number of benzene rings is 1. The summed E-state index contributed by atoms with van der Waals surface area (Å²) in [5, 5.41) is 1.34. The first-order chi connectivity index (χ1) is 13.2. The molecule has 0 spiro atoms. The molecule has 0 atom stereocenters. The Kier molecular flexibility index (Phi) is 5.54. The lowest BCUT2D eigenvalue weighted by Gasteiger charge is -2.31. The van der Waals surface area contributed by atoms with Gasteiger partial charge in [-0.2, -0.15) is 0 Å². The van der Waals surface area contributed by atoms with E-state index in [2.05, 4.69) is 4.98 Å². The van der Waals surface area contributed by atoms with E-state index in [0.717, 1.165) is 11.3 Å². The number of anilines is 1. The number of rotatable bonds is 4. The summed E-state index contributed by atoms with van der Waals surface area (Å²) in [6.45, 7) is 5.96. The van der Waals surface area contributed by atoms with Crippen molar-refractivity contribution in [2.75, 3.05) is 26.1 Å². The second-order valence-electron chi connectivity index (χ2n) is 7.35. The average molecular weight is 417 g/mol. The summed E-state index contributed by atoms with van der Waals surface area (Å²) >= 11 is 2.77. The van der Waals surface area contributed by atoms with Gasteiger partial charge in [0.15, 0.2) is 5.16 Å². The number of amides is 1. The van der Waals surface area contributed by atoms with E-state index in [9.17, 15) is 4.79 Å². The molecule has 3 aromatic rings. The van der Waals surface area contributed by atoms with Crippen LogP contribution in [0.2, 0.25) is 0 Å². The van der Waals surface area contributed by atoms with E-state index in [4.69, 9.17) is 15.5 Å². The topological polar surface area (TPSA) is 81.3 Å². The fourth-order valence-corrected chi connectivity index (χ4v) is 4.18. The second-order valence-corrected chi connectivity index (χ2v) is 9.12. The lowest BCUT2D eigenvalue weighted by molar-refractivity contribution is 0.0662. The monoisotopic (exact) mass is 416 g/mol. The Hall–Kier alpha value is -2.32. The van der Waals surface area contributed by atoms with Crippen LogP contribution in [0.5, 0.6) is 5.75 Å². The highest BCUT2D eigenvalue weighted by Crippen LogP contribution is 2.40. The van der Waals surface area contributed by atoms with E-state index >= 15 is 0 Å². The maximum Gasteiger partial charge on any atom is 0.266 e. The van der Waals surface area contributed by atoms with E-state index in [1.54, 1.807) is 19.1 Å². The summed E-state index contributed by atoms with van der Waals surface area (Å²) < 4.78 is 5.35. The Morgan fingerprint density at radius 1 is 1.29 bits per heavy atom. The molecule has 2 heterocycles. The summed E-state index contributed by atoms with van der Waals surface area (Å²) in [6.07, 6.45) is 1.92. The molecule has 0 aliphatic rings. The fourth-order valence-electron chi connectivity index (χ4n) is 2.69. The van der Waals surface area contributed by atoms with Crippen molar-refractivity contribution in [3.63, 3.8) is 0 Å². The van der Waals surface area contributed by atoms with Crippen LogP contribution in [0.3, 0.4) is 0 Å². The SMILES string of the molecule is COc1cccc(-c2nc(SC)nc3sc(C(=O)N(C)C(C)(C)C)c(N)c23)c1. The summed E-state index contributed by atoms with van der Waals surface area (Å²) in [7, 11) is 3.41. The molecule has 8 heteroatoms. The first-order valence-corrected chi connectivity index (χ1v) is 10.8. The van der Waals surface area contributed by atoms with Gasteiger partial charge in [-0.3, -0.25) is 4.79 Å². The van der Waals surface area contributed by atoms with Crippen molar-refractivity contribution in [2.45, 2.75) is 31.5 Å². The molecule has 148 valence electrons. The van der Waals surface area contributed by atoms with Gasteiger partial charge in [-0.05, 0) is 39.2 Å². The number of nitrogens with zero attached hydrogens (tertiary/aromatic N) is 3. The molecular weight excluding hydrogens is 392 g/mol. The summed E-state index contributed by atoms with van der Waals surface area (Å²) in [4.78, 5) is 25.2. The molecule has 0 saturated heterocycles. The number of nitrogens with two attached hydrogens (primary N) is 1. The third-order valence-electron chi connectivity index (χ3n) is 4.60. The normalized spacial score (nSPS) is 11.6. The number of ether oxygens (including phenoxy) is 1. The van der Waals surface area contributed by atoms with Crippen LogP contribution >= 0.6 is 23.1 Å². The predicted octanol–water partition coefficient (Wildman–Crippen LogP) is 4.54. The third kappa shape index (κ3) is 3.66. The van der Waals surface area contributed by atoms with Gasteiger partial charge in [-0.1, -0.05) is 23.9 Å². The van der Waals surface area contributed by atoms with Crippen LogP contribution in [0, 0.1) is 0 Å². The number of thiophene rings is 1. The zero-order chi connectivity index (χ0) is 20.6. The molecule has 2 N–H and O–H groups in total. The van der Waals surface area contributed by atoms with Crippen LogP contribution in [-0.4, -0.2) is 46.7 Å². The lowest BCUT2D eigenvalue weighted by Crippen LogP contribution is -2.42. The van der Waals surface area contributed by atoms with Gasteiger partial charge >= 0.3 is 0 Å². The molecule has 0 aliphatic carbocycles. The summed E-state index contributed by atoms with van der Waals surface area (Å²) in [6, 6.07) is 7.64. The van der Waals surface area contributed by atoms with Crippen molar-refractivity contribution in [3.8, 4) is 17.0 Å². The fraction of sp³-hybridized carbons (Fsp3) is 0.350. The first kappa shape index (κ1) is 20.4. The van der Waals surface area contributed by atoms with E-state index in [1.165, 1.54) is 23.1 Å². The number of nitrogen functional groups attached to an aromatic ring is 1. The Morgan fingerprint density at radius 2 is 2.00 bits per heavy atom. The molecule has 28 heavy (non-hydrogen) atoms. The standard InChI is InChI=1S/C20H24N4O2S2/c1-20(2,3)24(4)18(25)16-14(21)13-15(11-8-7-9-12(10-11)26-5)22-19(27-6)23-17(13)28-16/h7-10H,21H2,1-6H3. The molecule has 0 aliphatic heterocycles. The highest BCUT2D eigenvalue weighted by molar-refractivity contribution is 7.98. The van der Waals surface area contributed by atoms with Crippen LogP contribution in [0.4, 0.5) is 5.69 Å². The average Bonchev–Trinajstić information content (AvgIpc) is 3.01. The molecule has 1 aromatic carbocycles. The van der Waals surface area contributed by atoms with E-state index in [0.29, 0.717) is 31.6 Å². The molecular formula is C20H24N4O2S2. The second kappa shape index (κ2) is 7.60. The minimum Gasteiger partial charge on any atom is -0.497 e. The zero-order valence-electron chi connectivity index (χ0n) is 16.9. The van der Waals surface area contributed by atoms with Crippen LogP contribution in [0.25, 0.3) is 21.5 Å². The van der Waals surface area contributed by atoms with Gasteiger partial charge in [-0.15, -0.1) is 11.3 Å². The molecule has 0 radical (unpaired) electrons. The third-order valence-corrected chi connectivity index (χ3v) is 6.23. The molecule has 2 aromatic heterocycles. The summed E-state index contributed by atoms with van der Waals surface area (Å²) in [5.74, 6) is 0.614. The highest BCUT2D eigenvalue weighted by atomic mass is 32.2. The Balaban J connectivity index is 2.25. The quantitative estimate of drug-likeness (QED) is 0.497. The molecule has 0 fully saturated rings. The number of hydrogen-bond donors (Lipinski definition) is 1. The van der Waals surface area contributed by atoms with Gasteiger partial charge in [0.1, 0.15) is 15.5 Å². The van der Waals surface area contributed by atoms with Gasteiger partial charge in [-0.25, -0.2) is 9.97 Å². The zero-order valence-corrected chi connectivity index (χ0v) is 18.5. The molecule has 3 rings (SSSR count). The summed E-state index contributed by atoms with van der Waals surface area (Å²) in [5.41, 5.74) is 8.15. The van der Waals surface area contributed by atoms with Gasteiger partial charge in [0.05, 0.1) is 23.9 Å². The van der Waals surface area contributed by atoms with Crippen LogP contribution in [0.15, 0.2) is 29.4 Å². The van der Waals surface area contributed by atoms with Gasteiger partial charge in [0.2, 0.25) is 0 Å². The lowest BCUT2D eigenvalue weighted by atomic mass is 10.1. The maximum atomic E-state index is 13.1. The van der Waals surface area contributed by atoms with Gasteiger partial charge in [0.25, 0.3) is 5.91 Å². The van der Waals surface area contributed by atoms with Gasteiger partial charge < -0.3 is 15.4 Å². The van der Waals surface area contributed by atoms with Gasteiger partial charge in [0, 0.05) is 18.2 Å². The number of aromatic nitrogens is 2. The molecule has 0 bridgehead atoms. The van der Waals surface area contributed by atoms with Crippen molar-refractivity contribution < 1.29 is 9.53 Å².